The maximum atomic E-state index is 13.3. The van der Waals surface area contributed by atoms with Crippen LogP contribution >= 0.6 is 22.9 Å². The Hall–Kier alpha value is -3.27. The second kappa shape index (κ2) is 9.70. The fourth-order valence-corrected chi connectivity index (χ4v) is 4.46. The molecule has 3 aromatic heterocycles. The predicted octanol–water partition coefficient (Wildman–Crippen LogP) is 4.29. The van der Waals surface area contributed by atoms with Gasteiger partial charge in [0.1, 0.15) is 0 Å². The number of thiophene rings is 1. The van der Waals surface area contributed by atoms with Crippen LogP contribution in [0.2, 0.25) is 5.02 Å². The normalized spacial score (nSPS) is 11.0. The average molecular weight is 484 g/mol. The molecule has 2 amide bonds. The van der Waals surface area contributed by atoms with Crippen LogP contribution in [-0.4, -0.2) is 46.8 Å². The molecule has 0 fully saturated rings. The zero-order valence-electron chi connectivity index (χ0n) is 18.3. The Morgan fingerprint density at radius 1 is 1.18 bits per heavy atom. The molecule has 0 saturated carbocycles. The number of benzene rings is 1. The van der Waals surface area contributed by atoms with E-state index in [0.29, 0.717) is 52.4 Å². The van der Waals surface area contributed by atoms with Crippen molar-refractivity contribution < 1.29 is 14.3 Å². The Morgan fingerprint density at radius 3 is 2.70 bits per heavy atom. The number of aryl methyl sites for hydroxylation is 2. The highest BCUT2D eigenvalue weighted by atomic mass is 35.5. The third-order valence-corrected chi connectivity index (χ3v) is 6.26. The molecule has 33 heavy (non-hydrogen) atoms. The molecular weight excluding hydrogens is 462 g/mol. The monoisotopic (exact) mass is 483 g/mol. The first-order valence-corrected chi connectivity index (χ1v) is 11.4. The summed E-state index contributed by atoms with van der Waals surface area (Å²) in [4.78, 5) is 31.3. The number of carbonyl (C=O) groups is 2. The summed E-state index contributed by atoms with van der Waals surface area (Å²) in [6, 6.07) is 10.4. The van der Waals surface area contributed by atoms with E-state index < -0.39 is 0 Å². The van der Waals surface area contributed by atoms with Gasteiger partial charge < -0.3 is 15.4 Å². The van der Waals surface area contributed by atoms with E-state index in [4.69, 9.17) is 21.3 Å². The summed E-state index contributed by atoms with van der Waals surface area (Å²) in [5.74, 6) is -0.623. The summed E-state index contributed by atoms with van der Waals surface area (Å²) in [6.45, 7) is 2.62. The van der Waals surface area contributed by atoms with Gasteiger partial charge >= 0.3 is 0 Å². The number of ether oxygens (including phenoxy) is 1. The minimum absolute atomic E-state index is 0.236. The number of nitrogens with zero attached hydrogens (tertiary/aromatic N) is 3. The topological polar surface area (TPSA) is 98.1 Å². The van der Waals surface area contributed by atoms with Crippen LogP contribution < -0.4 is 10.6 Å². The van der Waals surface area contributed by atoms with Crippen molar-refractivity contribution in [2.45, 2.75) is 6.92 Å². The van der Waals surface area contributed by atoms with Gasteiger partial charge in [-0.25, -0.2) is 4.98 Å². The largest absolute Gasteiger partial charge is 0.383 e. The zero-order valence-corrected chi connectivity index (χ0v) is 19.9. The smallest absolute Gasteiger partial charge is 0.256 e. The minimum atomic E-state index is -0.315. The molecule has 3 heterocycles. The number of hydrogen-bond acceptors (Lipinski definition) is 6. The second-order valence-corrected chi connectivity index (χ2v) is 8.69. The number of carbonyl (C=O) groups excluding carboxylic acids is 2. The van der Waals surface area contributed by atoms with Gasteiger partial charge in [0.25, 0.3) is 11.8 Å². The predicted molar refractivity (Wildman–Crippen MR) is 130 cm³/mol. The molecular formula is C23H22ClN5O3S. The number of amides is 2. The maximum Gasteiger partial charge on any atom is 0.256 e. The lowest BCUT2D eigenvalue weighted by atomic mass is 10.1. The Morgan fingerprint density at radius 2 is 2.00 bits per heavy atom. The number of halogens is 1. The number of pyridine rings is 1. The van der Waals surface area contributed by atoms with Crippen LogP contribution in [0.3, 0.4) is 0 Å². The van der Waals surface area contributed by atoms with Crippen LogP contribution in [0.4, 0.5) is 5.69 Å². The van der Waals surface area contributed by atoms with Gasteiger partial charge in [0.05, 0.1) is 44.4 Å². The minimum Gasteiger partial charge on any atom is -0.383 e. The summed E-state index contributed by atoms with van der Waals surface area (Å²) in [5.41, 5.74) is 3.30. The highest BCUT2D eigenvalue weighted by Crippen LogP contribution is 2.30. The Labute approximate surface area is 199 Å². The molecule has 0 aliphatic carbocycles. The van der Waals surface area contributed by atoms with Crippen LogP contribution in [0.5, 0.6) is 0 Å². The van der Waals surface area contributed by atoms with Crippen molar-refractivity contribution in [3.8, 4) is 10.6 Å². The molecule has 0 unspecified atom stereocenters. The summed E-state index contributed by atoms with van der Waals surface area (Å²) >= 11 is 7.87. The highest BCUT2D eigenvalue weighted by molar-refractivity contribution is 7.13. The van der Waals surface area contributed by atoms with Gasteiger partial charge in [-0.1, -0.05) is 17.7 Å². The van der Waals surface area contributed by atoms with Crippen molar-refractivity contribution in [1.82, 2.24) is 20.1 Å². The molecule has 0 radical (unpaired) electrons. The van der Waals surface area contributed by atoms with E-state index in [9.17, 15) is 9.59 Å². The average Bonchev–Trinajstić information content (AvgIpc) is 3.42. The lowest BCUT2D eigenvalue weighted by molar-refractivity contribution is 0.0937. The zero-order chi connectivity index (χ0) is 23.5. The van der Waals surface area contributed by atoms with Crippen LogP contribution in [-0.2, 0) is 11.8 Å². The van der Waals surface area contributed by atoms with E-state index in [1.807, 2.05) is 24.4 Å². The van der Waals surface area contributed by atoms with Crippen molar-refractivity contribution in [2.75, 3.05) is 25.6 Å². The lowest BCUT2D eigenvalue weighted by Gasteiger charge is -2.11. The van der Waals surface area contributed by atoms with E-state index in [1.165, 1.54) is 0 Å². The first-order chi connectivity index (χ1) is 15.9. The molecule has 170 valence electrons. The van der Waals surface area contributed by atoms with Crippen molar-refractivity contribution in [3.63, 3.8) is 0 Å². The van der Waals surface area contributed by atoms with E-state index >= 15 is 0 Å². The first kappa shape index (κ1) is 22.9. The number of fused-ring (bicyclic) bond motifs is 1. The maximum absolute atomic E-state index is 13.3. The molecule has 2 N–H and O–H groups in total. The molecule has 0 atom stereocenters. The number of anilines is 1. The van der Waals surface area contributed by atoms with Crippen LogP contribution in [0.25, 0.3) is 21.6 Å². The summed E-state index contributed by atoms with van der Waals surface area (Å²) < 4.78 is 6.60. The molecule has 1 aromatic carbocycles. The standard InChI is InChI=1S/C23H22ClN5O3S/c1-13-20-16(12-18(19-5-4-10-33-19)27-21(20)29(2)28-13)23(31)26-14-6-7-15(17(24)11-14)22(30)25-8-9-32-3/h4-7,10-12H,8-9H2,1-3H3,(H,25,30)(H,26,31). The molecule has 0 aliphatic rings. The Balaban J connectivity index is 1.64. The quantitative estimate of drug-likeness (QED) is 0.382. The molecule has 0 aliphatic heterocycles. The molecule has 10 heteroatoms. The van der Waals surface area contributed by atoms with Gasteiger partial charge in [-0.3, -0.25) is 14.3 Å². The Bertz CT molecular complexity index is 1330. The van der Waals surface area contributed by atoms with E-state index in [1.54, 1.807) is 54.4 Å². The number of rotatable bonds is 7. The van der Waals surface area contributed by atoms with Gasteiger partial charge in [0.2, 0.25) is 0 Å². The lowest BCUT2D eigenvalue weighted by Crippen LogP contribution is -2.27. The van der Waals surface area contributed by atoms with Crippen LogP contribution in [0, 0.1) is 6.92 Å². The summed E-state index contributed by atoms with van der Waals surface area (Å²) in [7, 11) is 3.36. The van der Waals surface area contributed by atoms with Crippen molar-refractivity contribution in [2.24, 2.45) is 7.05 Å². The number of nitrogens with one attached hydrogen (secondary N) is 2. The van der Waals surface area contributed by atoms with Crippen molar-refractivity contribution in [1.29, 1.82) is 0 Å². The third-order valence-electron chi connectivity index (χ3n) is 5.05. The van der Waals surface area contributed by atoms with Gasteiger partial charge in [-0.15, -0.1) is 11.3 Å². The molecule has 0 bridgehead atoms. The number of hydrogen-bond donors (Lipinski definition) is 2. The van der Waals surface area contributed by atoms with Gasteiger partial charge in [-0.05, 0) is 42.6 Å². The summed E-state index contributed by atoms with van der Waals surface area (Å²) in [6.07, 6.45) is 0. The van der Waals surface area contributed by atoms with Crippen LogP contribution in [0.15, 0.2) is 41.8 Å². The van der Waals surface area contributed by atoms with Gasteiger partial charge in [0.15, 0.2) is 5.65 Å². The van der Waals surface area contributed by atoms with Gasteiger partial charge in [-0.2, -0.15) is 5.10 Å². The third kappa shape index (κ3) is 4.75. The molecule has 4 aromatic rings. The molecule has 0 spiro atoms. The van der Waals surface area contributed by atoms with Crippen molar-refractivity contribution in [3.05, 3.63) is 63.6 Å². The van der Waals surface area contributed by atoms with E-state index in [2.05, 4.69) is 15.7 Å². The molecule has 4 rings (SSSR count). The fraction of sp³-hybridized carbons (Fsp3) is 0.217. The molecule has 8 nitrogen and oxygen atoms in total. The highest BCUT2D eigenvalue weighted by Gasteiger charge is 2.20. The van der Waals surface area contributed by atoms with Crippen LogP contribution in [0.1, 0.15) is 26.4 Å². The van der Waals surface area contributed by atoms with E-state index in [0.717, 1.165) is 4.88 Å². The first-order valence-electron chi connectivity index (χ1n) is 10.1. The fourth-order valence-electron chi connectivity index (χ4n) is 3.51. The SMILES string of the molecule is COCCNC(=O)c1ccc(NC(=O)c2cc(-c3cccs3)nc3c2c(C)nn3C)cc1Cl. The molecule has 0 saturated heterocycles. The second-order valence-electron chi connectivity index (χ2n) is 7.34. The van der Waals surface area contributed by atoms with Crippen molar-refractivity contribution >= 4 is 51.5 Å². The Kier molecular flexibility index (Phi) is 6.73. The number of aromatic nitrogens is 3. The van der Waals surface area contributed by atoms with E-state index in [-0.39, 0.29) is 16.8 Å². The summed E-state index contributed by atoms with van der Waals surface area (Å²) in [5, 5.41) is 12.9. The van der Waals surface area contributed by atoms with Gasteiger partial charge in [0, 0.05) is 26.4 Å². The number of methoxy groups -OCH3 is 1.